The number of fused-ring (bicyclic) bond motifs is 2. The van der Waals surface area contributed by atoms with Crippen molar-refractivity contribution in [1.82, 2.24) is 5.32 Å². The normalized spacial score (nSPS) is 24.4. The van der Waals surface area contributed by atoms with E-state index in [1.165, 1.54) is 6.07 Å². The molecule has 2 aliphatic heterocycles. The highest BCUT2D eigenvalue weighted by Crippen LogP contribution is 2.50. The van der Waals surface area contributed by atoms with Crippen LogP contribution < -0.4 is 20.1 Å². The fraction of sp³-hybridized carbons (Fsp3) is 0.296. The van der Waals surface area contributed by atoms with E-state index in [9.17, 15) is 19.3 Å². The SMILES string of the molecule is CCOc1cc([C@@H]2[C@H](C)N[C@@]3(C(=O)Nc4ccccc43)[C@H]2[N+](=O)[O-])ccc1OCc1ccccc1F. The van der Waals surface area contributed by atoms with E-state index in [1.54, 1.807) is 60.7 Å². The van der Waals surface area contributed by atoms with Gasteiger partial charge in [-0.15, -0.1) is 0 Å². The molecule has 9 heteroatoms. The highest BCUT2D eigenvalue weighted by Gasteiger charge is 2.67. The van der Waals surface area contributed by atoms with E-state index in [4.69, 9.17) is 9.47 Å². The van der Waals surface area contributed by atoms with Crippen LogP contribution in [0.4, 0.5) is 10.1 Å². The molecule has 5 rings (SSSR count). The van der Waals surface area contributed by atoms with E-state index in [2.05, 4.69) is 10.6 Å². The van der Waals surface area contributed by atoms with E-state index in [1.807, 2.05) is 13.8 Å². The second-order valence-electron chi connectivity index (χ2n) is 9.02. The summed E-state index contributed by atoms with van der Waals surface area (Å²) in [7, 11) is 0. The molecule has 1 fully saturated rings. The molecule has 0 saturated carbocycles. The molecule has 0 aromatic heterocycles. The van der Waals surface area contributed by atoms with Gasteiger partial charge in [0.15, 0.2) is 17.0 Å². The van der Waals surface area contributed by atoms with E-state index in [0.717, 1.165) is 0 Å². The Bertz CT molecular complexity index is 1330. The first-order valence-corrected chi connectivity index (χ1v) is 11.8. The second kappa shape index (κ2) is 9.23. The highest BCUT2D eigenvalue weighted by molar-refractivity contribution is 6.07. The minimum absolute atomic E-state index is 0.00503. The Hall–Kier alpha value is -3.98. The van der Waals surface area contributed by atoms with Gasteiger partial charge in [-0.2, -0.15) is 0 Å². The van der Waals surface area contributed by atoms with Crippen molar-refractivity contribution >= 4 is 11.6 Å². The van der Waals surface area contributed by atoms with Crippen LogP contribution in [-0.4, -0.2) is 29.5 Å². The Kier molecular flexibility index (Phi) is 6.09. The lowest BCUT2D eigenvalue weighted by Gasteiger charge is -2.25. The van der Waals surface area contributed by atoms with Crippen LogP contribution >= 0.6 is 0 Å². The summed E-state index contributed by atoms with van der Waals surface area (Å²) in [5.41, 5.74) is 0.699. The van der Waals surface area contributed by atoms with Gasteiger partial charge in [0.25, 0.3) is 11.9 Å². The number of carbonyl (C=O) groups is 1. The molecular formula is C27H26FN3O5. The van der Waals surface area contributed by atoms with E-state index in [-0.39, 0.29) is 17.3 Å². The summed E-state index contributed by atoms with van der Waals surface area (Å²) in [4.78, 5) is 25.4. The zero-order valence-corrected chi connectivity index (χ0v) is 19.9. The summed E-state index contributed by atoms with van der Waals surface area (Å²) in [5, 5.41) is 18.6. The number of ether oxygens (including phenoxy) is 2. The van der Waals surface area contributed by atoms with Crippen molar-refractivity contribution in [1.29, 1.82) is 0 Å². The molecule has 0 aliphatic carbocycles. The lowest BCUT2D eigenvalue weighted by molar-refractivity contribution is -0.532. The number of para-hydroxylation sites is 1. The number of halogens is 1. The third-order valence-electron chi connectivity index (χ3n) is 6.96. The Morgan fingerprint density at radius 2 is 1.81 bits per heavy atom. The maximum atomic E-state index is 14.0. The van der Waals surface area contributed by atoms with Gasteiger partial charge >= 0.3 is 0 Å². The molecule has 3 aromatic carbocycles. The fourth-order valence-electron chi connectivity index (χ4n) is 5.44. The summed E-state index contributed by atoms with van der Waals surface area (Å²) in [5.74, 6) is -0.629. The summed E-state index contributed by atoms with van der Waals surface area (Å²) in [6.45, 7) is 4.01. The molecule has 0 bridgehead atoms. The largest absolute Gasteiger partial charge is 0.490 e. The Morgan fingerprint density at radius 1 is 1.06 bits per heavy atom. The van der Waals surface area contributed by atoms with Crippen molar-refractivity contribution in [3.8, 4) is 11.5 Å². The first-order chi connectivity index (χ1) is 17.4. The Balaban J connectivity index is 1.51. The van der Waals surface area contributed by atoms with Gasteiger partial charge in [0.05, 0.1) is 12.5 Å². The lowest BCUT2D eigenvalue weighted by atomic mass is 9.78. The number of nitrogens with zero attached hydrogens (tertiary/aromatic N) is 1. The van der Waals surface area contributed by atoms with Crippen LogP contribution in [0.15, 0.2) is 66.7 Å². The maximum Gasteiger partial charge on any atom is 0.256 e. The first kappa shape index (κ1) is 23.7. The average molecular weight is 492 g/mol. The van der Waals surface area contributed by atoms with E-state index in [0.29, 0.717) is 40.5 Å². The van der Waals surface area contributed by atoms with Crippen molar-refractivity contribution in [3.05, 3.63) is 99.4 Å². The van der Waals surface area contributed by atoms with Gasteiger partial charge in [-0.3, -0.25) is 20.2 Å². The van der Waals surface area contributed by atoms with Gasteiger partial charge in [0, 0.05) is 27.8 Å². The number of nitro groups is 1. The Labute approximate surface area is 207 Å². The number of carbonyl (C=O) groups excluding carboxylic acids is 1. The molecule has 8 nitrogen and oxygen atoms in total. The monoisotopic (exact) mass is 491 g/mol. The van der Waals surface area contributed by atoms with Crippen LogP contribution in [0.5, 0.6) is 11.5 Å². The molecule has 4 atom stereocenters. The molecule has 2 heterocycles. The Morgan fingerprint density at radius 3 is 2.56 bits per heavy atom. The van der Waals surface area contributed by atoms with Crippen LogP contribution in [0, 0.1) is 15.9 Å². The third kappa shape index (κ3) is 3.76. The van der Waals surface area contributed by atoms with Gasteiger partial charge in [0.2, 0.25) is 0 Å². The van der Waals surface area contributed by atoms with Crippen LogP contribution in [-0.2, 0) is 16.9 Å². The van der Waals surface area contributed by atoms with Gasteiger partial charge in [-0.25, -0.2) is 4.39 Å². The second-order valence-corrected chi connectivity index (χ2v) is 9.02. The van der Waals surface area contributed by atoms with Crippen LogP contribution in [0.1, 0.15) is 36.5 Å². The van der Waals surface area contributed by atoms with Gasteiger partial charge < -0.3 is 14.8 Å². The van der Waals surface area contributed by atoms with Crippen molar-refractivity contribution in [3.63, 3.8) is 0 Å². The molecule has 0 radical (unpaired) electrons. The number of anilines is 1. The number of hydrogen-bond acceptors (Lipinski definition) is 6. The number of hydrogen-bond donors (Lipinski definition) is 2. The van der Waals surface area contributed by atoms with Crippen molar-refractivity contribution in [2.24, 2.45) is 0 Å². The first-order valence-electron chi connectivity index (χ1n) is 11.8. The predicted octanol–water partition coefficient (Wildman–Crippen LogP) is 4.37. The van der Waals surface area contributed by atoms with Gasteiger partial charge in [-0.05, 0) is 43.7 Å². The smallest absolute Gasteiger partial charge is 0.256 e. The molecule has 1 saturated heterocycles. The summed E-state index contributed by atoms with van der Waals surface area (Å²) in [6.07, 6.45) is 0. The van der Waals surface area contributed by atoms with Crippen molar-refractivity contribution in [2.75, 3.05) is 11.9 Å². The standard InChI is InChI=1S/C27H26FN3O5/c1-3-35-23-14-17(12-13-22(23)36-15-18-8-4-6-10-20(18)28)24-16(2)30-27(25(24)31(33)34)19-9-5-7-11-21(19)29-26(27)32/h4-14,16,24-25,30H,3,15H2,1-2H3,(H,29,32)/t16-,24-,25-,27+/m0/s1. The van der Waals surface area contributed by atoms with Gasteiger partial charge in [0.1, 0.15) is 12.4 Å². The average Bonchev–Trinajstić information content (AvgIpc) is 3.33. The minimum atomic E-state index is -1.49. The summed E-state index contributed by atoms with van der Waals surface area (Å²) < 4.78 is 25.7. The van der Waals surface area contributed by atoms with E-state index >= 15 is 0 Å². The van der Waals surface area contributed by atoms with Crippen molar-refractivity contribution in [2.45, 2.75) is 44.0 Å². The number of rotatable bonds is 7. The topological polar surface area (TPSA) is 103 Å². The molecule has 2 N–H and O–H groups in total. The fourth-order valence-corrected chi connectivity index (χ4v) is 5.44. The molecule has 1 spiro atoms. The maximum absolute atomic E-state index is 14.0. The highest BCUT2D eigenvalue weighted by atomic mass is 19.1. The number of amides is 1. The quantitative estimate of drug-likeness (QED) is 0.376. The molecule has 36 heavy (non-hydrogen) atoms. The molecule has 186 valence electrons. The number of benzene rings is 3. The predicted molar refractivity (Wildman–Crippen MR) is 131 cm³/mol. The van der Waals surface area contributed by atoms with Gasteiger partial charge in [-0.1, -0.05) is 42.5 Å². The van der Waals surface area contributed by atoms with Crippen LogP contribution in [0.2, 0.25) is 0 Å². The zero-order valence-electron chi connectivity index (χ0n) is 19.9. The van der Waals surface area contributed by atoms with Crippen molar-refractivity contribution < 1.29 is 23.6 Å². The molecule has 2 aliphatic rings. The molecule has 1 amide bonds. The summed E-state index contributed by atoms with van der Waals surface area (Å²) in [6, 6.07) is 16.9. The van der Waals surface area contributed by atoms with Crippen LogP contribution in [0.3, 0.4) is 0 Å². The molecule has 3 aromatic rings. The van der Waals surface area contributed by atoms with Crippen LogP contribution in [0.25, 0.3) is 0 Å². The minimum Gasteiger partial charge on any atom is -0.490 e. The number of nitrogens with one attached hydrogen (secondary N) is 2. The molecular weight excluding hydrogens is 465 g/mol. The summed E-state index contributed by atoms with van der Waals surface area (Å²) >= 11 is 0. The zero-order chi connectivity index (χ0) is 25.4. The van der Waals surface area contributed by atoms with E-state index < -0.39 is 29.4 Å². The molecule has 0 unspecified atom stereocenters. The third-order valence-corrected chi connectivity index (χ3v) is 6.96. The lowest BCUT2D eigenvalue weighted by Crippen LogP contribution is -2.54.